The molecule has 0 nitrogen and oxygen atoms in total. The van der Waals surface area contributed by atoms with Crippen LogP contribution in [-0.2, 0) is 0 Å². The molecule has 0 N–H and O–H groups in total. The van der Waals surface area contributed by atoms with Crippen LogP contribution in [0.2, 0.25) is 0 Å². The maximum absolute atomic E-state index is 3.56. The Morgan fingerprint density at radius 1 is 1.62 bits per heavy atom. The topological polar surface area (TPSA) is 0 Å². The third-order valence-electron chi connectivity index (χ3n) is 0.576. The molecule has 0 amide bonds. The van der Waals surface area contributed by atoms with E-state index in [0.717, 1.165) is 5.57 Å². The van der Waals surface area contributed by atoms with Crippen molar-refractivity contribution in [2.24, 2.45) is 0 Å². The van der Waals surface area contributed by atoms with Gasteiger partial charge >= 0.3 is 58.2 Å². The van der Waals surface area contributed by atoms with E-state index in [0.29, 0.717) is 0 Å². The van der Waals surface area contributed by atoms with Crippen LogP contribution in [0, 0.1) is 12.5 Å². The largest absolute Gasteiger partial charge is 1.00 e. The van der Waals surface area contributed by atoms with Gasteiger partial charge in [0.15, 0.2) is 0 Å². The van der Waals surface area contributed by atoms with Crippen LogP contribution < -0.4 is 58.2 Å². The molecule has 0 aliphatic carbocycles. The first-order chi connectivity index (χ1) is 2.81. The minimum Gasteiger partial charge on any atom is -0.378 e. The van der Waals surface area contributed by atoms with Gasteiger partial charge in [0, 0.05) is 0 Å². The van der Waals surface area contributed by atoms with Crippen molar-refractivity contribution < 1.29 is 58.2 Å². The second kappa shape index (κ2) is 10.2. The molecule has 0 fully saturated rings. The van der Waals surface area contributed by atoms with E-state index in [1.807, 2.05) is 13.3 Å². The molecule has 0 bridgehead atoms. The first-order valence-corrected chi connectivity index (χ1v) is 1.82. The standard InChI is InChI=1S/C6H8.Rb.Rf/c1-4-6(3)5-2;;/h5H,1,3H2,2H3;;/q-2;+1;. The van der Waals surface area contributed by atoms with E-state index in [9.17, 15) is 0 Å². The fraction of sp³-hybridized carbons (Fsp3) is 0.167. The number of hydrogen-bond donors (Lipinski definition) is 0. The number of hydrogen-bond acceptors (Lipinski definition) is 0. The van der Waals surface area contributed by atoms with Crippen molar-refractivity contribution in [2.75, 3.05) is 0 Å². The first kappa shape index (κ1) is 15.7. The Balaban J connectivity index is -0.000000125. The van der Waals surface area contributed by atoms with Crippen molar-refractivity contribution in [3.63, 3.8) is 0 Å². The van der Waals surface area contributed by atoms with E-state index in [1.54, 1.807) is 0 Å². The van der Waals surface area contributed by atoms with Gasteiger partial charge in [0.05, 0.1) is 0 Å². The average molecular weight is 433 g/mol. The zero-order chi connectivity index (χ0) is 4.99. The molecule has 0 aromatic heterocycles. The second-order valence-electron chi connectivity index (χ2n) is 0.991. The smallest absolute Gasteiger partial charge is 0.378 e. The predicted molar refractivity (Wildman–Crippen MR) is 28.0 cm³/mol. The fourth-order valence-electron chi connectivity index (χ4n) is 0.102. The van der Waals surface area contributed by atoms with E-state index in [-0.39, 0.29) is 58.2 Å². The molecular weight excluding hydrogens is 425 g/mol. The van der Waals surface area contributed by atoms with Gasteiger partial charge in [0.2, 0.25) is 0 Å². The zero-order valence-corrected chi connectivity index (χ0v) is 17.0. The van der Waals surface area contributed by atoms with Crippen molar-refractivity contribution in [1.29, 1.82) is 0 Å². The summed E-state index contributed by atoms with van der Waals surface area (Å²) >= 11 is 0. The molecule has 0 saturated carbocycles. The quantitative estimate of drug-likeness (QED) is 0.378. The van der Waals surface area contributed by atoms with Crippen molar-refractivity contribution in [1.82, 2.24) is 0 Å². The van der Waals surface area contributed by atoms with Gasteiger partial charge in [-0.15, -0.1) is 6.92 Å². The van der Waals surface area contributed by atoms with E-state index >= 15 is 0 Å². The summed E-state index contributed by atoms with van der Waals surface area (Å²) in [6, 6.07) is 0. The fourth-order valence-corrected chi connectivity index (χ4v) is 0.102. The molecule has 0 unspecified atom stereocenters. The summed E-state index contributed by atoms with van der Waals surface area (Å²) in [6.45, 7) is 8.84. The average Bonchev–Trinajstić information content (AvgIpc) is 1.65. The monoisotopic (exact) mass is 432 g/mol. The number of rotatable bonds is 2. The summed E-state index contributed by atoms with van der Waals surface area (Å²) in [5, 5.41) is 0. The van der Waals surface area contributed by atoms with E-state index < -0.39 is 0 Å². The number of allylic oxidation sites excluding steroid dienone is 2. The van der Waals surface area contributed by atoms with Gasteiger partial charge in [-0.25, -0.2) is 6.58 Å². The van der Waals surface area contributed by atoms with Gasteiger partial charge in [-0.05, 0) is 0 Å². The van der Waals surface area contributed by atoms with Crippen LogP contribution in [0.15, 0.2) is 18.7 Å². The minimum absolute atomic E-state index is 0. The predicted octanol–water partition coefficient (Wildman–Crippen LogP) is -1.24. The molecule has 0 radical (unpaired) electrons. The van der Waals surface area contributed by atoms with Crippen LogP contribution in [0.5, 0.6) is 0 Å². The van der Waals surface area contributed by atoms with Crippen LogP contribution in [0.1, 0.15) is 6.92 Å². The van der Waals surface area contributed by atoms with Crippen LogP contribution in [0.3, 0.4) is 0 Å². The van der Waals surface area contributed by atoms with E-state index in [4.69, 9.17) is 0 Å². The molecule has 0 heterocycles. The molecule has 0 atom stereocenters. The van der Waals surface area contributed by atoms with Crippen molar-refractivity contribution in [3.8, 4) is 0 Å². The molecule has 2 heteroatoms. The molecule has 0 aliphatic heterocycles. The Morgan fingerprint density at radius 3 is 2.00 bits per heavy atom. The maximum Gasteiger partial charge on any atom is 1.00 e. The van der Waals surface area contributed by atoms with E-state index in [2.05, 4.69) is 19.2 Å². The first-order valence-electron chi connectivity index (χ1n) is 1.82. The summed E-state index contributed by atoms with van der Waals surface area (Å²) in [5.41, 5.74) is 0.856. The molecule has 8 heavy (non-hydrogen) atoms. The summed E-state index contributed by atoms with van der Waals surface area (Å²) < 4.78 is 0. The summed E-state index contributed by atoms with van der Waals surface area (Å²) in [6.07, 6.45) is 4.47. The van der Waals surface area contributed by atoms with E-state index in [1.165, 1.54) is 0 Å². The van der Waals surface area contributed by atoms with Crippen LogP contribution in [-0.4, -0.2) is 0 Å². The van der Waals surface area contributed by atoms with Gasteiger partial charge in [-0.2, -0.15) is 0 Å². The molecule has 0 spiro atoms. The minimum atomic E-state index is 0. The molecule has 0 aliphatic rings. The summed E-state index contributed by atoms with van der Waals surface area (Å²) in [4.78, 5) is 0. The van der Waals surface area contributed by atoms with Crippen LogP contribution in [0.4, 0.5) is 0 Å². The SMILES string of the molecule is C=[C-]C(=C)[CH-]C.[Rb+].[Rf]. The summed E-state index contributed by atoms with van der Waals surface area (Å²) in [7, 11) is 0. The summed E-state index contributed by atoms with van der Waals surface area (Å²) in [5.74, 6) is 0. The molecule has 36 valence electrons. The normalized spacial score (nSPS) is 5.12. The molecule has 0 saturated heterocycles. The Labute approximate surface area is 94.5 Å². The Morgan fingerprint density at radius 2 is 2.00 bits per heavy atom. The second-order valence-corrected chi connectivity index (χ2v) is 0.991. The Bertz CT molecular complexity index is 68.9. The molecule has 0 rings (SSSR count). The maximum atomic E-state index is 3.56. The van der Waals surface area contributed by atoms with Gasteiger partial charge in [0.1, 0.15) is 0 Å². The third kappa shape index (κ3) is 9.47. The molecule has 0 aromatic carbocycles. The van der Waals surface area contributed by atoms with Gasteiger partial charge in [0.25, 0.3) is 0 Å². The zero-order valence-electron chi connectivity index (χ0n) is 5.70. The van der Waals surface area contributed by atoms with Crippen molar-refractivity contribution >= 4 is 0 Å². The van der Waals surface area contributed by atoms with Crippen LogP contribution in [0.25, 0.3) is 0 Å². The van der Waals surface area contributed by atoms with Crippen molar-refractivity contribution in [2.45, 2.75) is 6.92 Å². The van der Waals surface area contributed by atoms with Gasteiger partial charge in [-0.3, -0.25) is 0 Å². The Hall–Kier alpha value is 0.155. The van der Waals surface area contributed by atoms with Gasteiger partial charge in [-0.1, -0.05) is 0 Å². The van der Waals surface area contributed by atoms with Gasteiger partial charge < -0.3 is 24.6 Å². The molecular formula is C6H8RbRf-. The Kier molecular flexibility index (Phi) is 20.0. The van der Waals surface area contributed by atoms with Crippen LogP contribution >= 0.6 is 0 Å². The van der Waals surface area contributed by atoms with Crippen molar-refractivity contribution in [3.05, 3.63) is 31.2 Å². The molecule has 0 aromatic rings. The third-order valence-corrected chi connectivity index (χ3v) is 0.576.